The summed E-state index contributed by atoms with van der Waals surface area (Å²) in [5.41, 5.74) is 5.94. The molecule has 2 aromatic rings. The van der Waals surface area contributed by atoms with Gasteiger partial charge in [0.05, 0.1) is 0 Å². The zero-order valence-electron chi connectivity index (χ0n) is 6.93. The highest BCUT2D eigenvalue weighted by molar-refractivity contribution is 7.19. The first-order valence-corrected chi connectivity index (χ1v) is 4.65. The summed E-state index contributed by atoms with van der Waals surface area (Å²) in [7, 11) is 0. The van der Waals surface area contributed by atoms with Crippen molar-refractivity contribution in [1.82, 2.24) is 0 Å². The molecule has 0 bridgehead atoms. The third kappa shape index (κ3) is 1.55. The predicted molar refractivity (Wildman–Crippen MR) is 51.2 cm³/mol. The van der Waals surface area contributed by atoms with Crippen LogP contribution in [0.1, 0.15) is 4.88 Å². The first-order chi connectivity index (χ1) is 6.47. The molecule has 1 aromatic carbocycles. The average molecular weight is 217 g/mol. The lowest BCUT2D eigenvalue weighted by Gasteiger charge is -1.99. The van der Waals surface area contributed by atoms with Crippen LogP contribution in [0.3, 0.4) is 0 Å². The smallest absolute Gasteiger partial charge is 0.399 e. The minimum Gasteiger partial charge on any atom is -0.399 e. The molecule has 5 heteroatoms. The number of anilines is 1. The van der Waals surface area contributed by atoms with E-state index in [1.165, 1.54) is 0 Å². The van der Waals surface area contributed by atoms with E-state index in [0.29, 0.717) is 15.8 Å². The highest BCUT2D eigenvalue weighted by Crippen LogP contribution is 2.38. The van der Waals surface area contributed by atoms with Gasteiger partial charge in [-0.15, -0.1) is 11.3 Å². The molecule has 1 aromatic heterocycles. The van der Waals surface area contributed by atoms with E-state index < -0.39 is 11.1 Å². The molecule has 0 aliphatic rings. The van der Waals surface area contributed by atoms with Gasteiger partial charge in [0, 0.05) is 10.4 Å². The van der Waals surface area contributed by atoms with Gasteiger partial charge < -0.3 is 5.73 Å². The lowest BCUT2D eigenvalue weighted by Crippen LogP contribution is -2.00. The Morgan fingerprint density at radius 3 is 2.50 bits per heavy atom. The lowest BCUT2D eigenvalue weighted by atomic mass is 10.2. The van der Waals surface area contributed by atoms with Gasteiger partial charge in [0.2, 0.25) is 0 Å². The molecule has 1 nitrogen and oxygen atoms in total. The van der Waals surface area contributed by atoms with Crippen molar-refractivity contribution < 1.29 is 13.2 Å². The number of nitrogen functional groups attached to an aromatic ring is 1. The Morgan fingerprint density at radius 1 is 1.14 bits per heavy atom. The van der Waals surface area contributed by atoms with Crippen LogP contribution in [0.4, 0.5) is 18.9 Å². The quantitative estimate of drug-likeness (QED) is 0.671. The fraction of sp³-hybridized carbons (Fsp3) is 0.111. The van der Waals surface area contributed by atoms with Crippen molar-refractivity contribution in [2.24, 2.45) is 0 Å². The minimum absolute atomic E-state index is 0.476. The fourth-order valence-corrected chi connectivity index (χ4v) is 2.11. The monoisotopic (exact) mass is 217 g/mol. The normalized spacial score (nSPS) is 12.2. The van der Waals surface area contributed by atoms with E-state index in [1.54, 1.807) is 18.2 Å². The molecule has 0 spiro atoms. The van der Waals surface area contributed by atoms with E-state index in [2.05, 4.69) is 0 Å². The summed E-state index contributed by atoms with van der Waals surface area (Å²) >= 11 is 0.732. The van der Waals surface area contributed by atoms with Gasteiger partial charge in [-0.25, -0.2) is 0 Å². The summed E-state index contributed by atoms with van der Waals surface area (Å²) in [5.74, 6) is 0. The molecular weight excluding hydrogens is 211 g/mol. The van der Waals surface area contributed by atoms with Crippen LogP contribution in [0.5, 0.6) is 0 Å². The molecule has 2 rings (SSSR count). The van der Waals surface area contributed by atoms with Crippen LogP contribution in [0.2, 0.25) is 0 Å². The van der Waals surface area contributed by atoms with E-state index in [1.807, 2.05) is 0 Å². The van der Waals surface area contributed by atoms with Gasteiger partial charge in [0.1, 0.15) is 4.88 Å². The van der Waals surface area contributed by atoms with Gasteiger partial charge in [0.25, 0.3) is 0 Å². The summed E-state index contributed by atoms with van der Waals surface area (Å²) in [5, 5.41) is 0.544. The number of alkyl halides is 3. The van der Waals surface area contributed by atoms with Crippen molar-refractivity contribution in [3.63, 3.8) is 0 Å². The maximum atomic E-state index is 12.3. The van der Waals surface area contributed by atoms with Gasteiger partial charge in [-0.1, -0.05) is 0 Å². The van der Waals surface area contributed by atoms with Crippen LogP contribution in [-0.4, -0.2) is 0 Å². The van der Waals surface area contributed by atoms with E-state index in [0.717, 1.165) is 17.4 Å². The average Bonchev–Trinajstić information content (AvgIpc) is 2.45. The van der Waals surface area contributed by atoms with Gasteiger partial charge in [0.15, 0.2) is 0 Å². The molecule has 2 N–H and O–H groups in total. The van der Waals surface area contributed by atoms with E-state index in [4.69, 9.17) is 5.73 Å². The molecule has 0 aliphatic carbocycles. The van der Waals surface area contributed by atoms with E-state index in [9.17, 15) is 13.2 Å². The SMILES string of the molecule is Nc1ccc2sc(C(F)(F)F)cc2c1. The zero-order chi connectivity index (χ0) is 10.3. The number of hydrogen-bond acceptors (Lipinski definition) is 2. The van der Waals surface area contributed by atoms with Crippen LogP contribution >= 0.6 is 11.3 Å². The van der Waals surface area contributed by atoms with Crippen LogP contribution < -0.4 is 5.73 Å². The maximum Gasteiger partial charge on any atom is 0.425 e. The molecular formula is C9H6F3NS. The number of fused-ring (bicyclic) bond motifs is 1. The molecule has 14 heavy (non-hydrogen) atoms. The van der Waals surface area contributed by atoms with Crippen molar-refractivity contribution in [3.05, 3.63) is 29.1 Å². The molecule has 1 heterocycles. The first kappa shape index (κ1) is 9.33. The van der Waals surface area contributed by atoms with Gasteiger partial charge in [-0.3, -0.25) is 0 Å². The molecule has 0 saturated carbocycles. The molecule has 0 atom stereocenters. The Balaban J connectivity index is 2.63. The van der Waals surface area contributed by atoms with Crippen LogP contribution in [0.25, 0.3) is 10.1 Å². The summed E-state index contributed by atoms with van der Waals surface area (Å²) in [6.45, 7) is 0. The summed E-state index contributed by atoms with van der Waals surface area (Å²) in [6.07, 6.45) is -4.27. The zero-order valence-corrected chi connectivity index (χ0v) is 7.75. The van der Waals surface area contributed by atoms with Crippen molar-refractivity contribution in [2.45, 2.75) is 6.18 Å². The highest BCUT2D eigenvalue weighted by atomic mass is 32.1. The third-order valence-corrected chi connectivity index (χ3v) is 2.98. The van der Waals surface area contributed by atoms with Crippen molar-refractivity contribution in [2.75, 3.05) is 5.73 Å². The predicted octanol–water partition coefficient (Wildman–Crippen LogP) is 3.50. The molecule has 0 fully saturated rings. The Kier molecular flexibility index (Phi) is 1.92. The number of benzene rings is 1. The minimum atomic E-state index is -4.27. The van der Waals surface area contributed by atoms with Crippen LogP contribution in [0, 0.1) is 0 Å². The molecule has 0 saturated heterocycles. The van der Waals surface area contributed by atoms with Crippen molar-refractivity contribution in [3.8, 4) is 0 Å². The Labute approximate surface area is 82.0 Å². The second-order valence-corrected chi connectivity index (χ2v) is 3.99. The van der Waals surface area contributed by atoms with Crippen LogP contribution in [-0.2, 0) is 6.18 Å². The number of rotatable bonds is 0. The molecule has 0 unspecified atom stereocenters. The Bertz CT molecular complexity index is 472. The van der Waals surface area contributed by atoms with E-state index >= 15 is 0 Å². The maximum absolute atomic E-state index is 12.3. The van der Waals surface area contributed by atoms with Gasteiger partial charge in [-0.2, -0.15) is 13.2 Å². The lowest BCUT2D eigenvalue weighted by molar-refractivity contribution is -0.134. The number of nitrogens with two attached hydrogens (primary N) is 1. The number of hydrogen-bond donors (Lipinski definition) is 1. The largest absolute Gasteiger partial charge is 0.425 e. The fourth-order valence-electron chi connectivity index (χ4n) is 1.20. The third-order valence-electron chi connectivity index (χ3n) is 1.82. The first-order valence-electron chi connectivity index (χ1n) is 3.83. The topological polar surface area (TPSA) is 26.0 Å². The Hall–Kier alpha value is -1.23. The standard InChI is InChI=1S/C9H6F3NS/c10-9(11,12)8-4-5-3-6(13)1-2-7(5)14-8/h1-4H,13H2. The summed E-state index contributed by atoms with van der Waals surface area (Å²) < 4.78 is 37.5. The van der Waals surface area contributed by atoms with Crippen molar-refractivity contribution >= 4 is 27.1 Å². The molecule has 0 amide bonds. The molecule has 74 valence electrons. The highest BCUT2D eigenvalue weighted by Gasteiger charge is 2.32. The van der Waals surface area contributed by atoms with Gasteiger partial charge >= 0.3 is 6.18 Å². The van der Waals surface area contributed by atoms with Crippen molar-refractivity contribution in [1.29, 1.82) is 0 Å². The molecule has 0 radical (unpaired) electrons. The number of halogens is 3. The second-order valence-electron chi connectivity index (χ2n) is 2.91. The van der Waals surface area contributed by atoms with Crippen LogP contribution in [0.15, 0.2) is 24.3 Å². The second kappa shape index (κ2) is 2.88. The number of thiophene rings is 1. The Morgan fingerprint density at radius 2 is 1.86 bits per heavy atom. The van der Waals surface area contributed by atoms with E-state index in [-0.39, 0.29) is 0 Å². The van der Waals surface area contributed by atoms with Gasteiger partial charge in [-0.05, 0) is 29.7 Å². The summed E-state index contributed by atoms with van der Waals surface area (Å²) in [4.78, 5) is -0.585. The molecule has 0 aliphatic heterocycles. The summed E-state index contributed by atoms with van der Waals surface area (Å²) in [6, 6.07) is 5.86.